The molecule has 0 aromatic heterocycles. The van der Waals surface area contributed by atoms with Crippen LogP contribution in [0, 0.1) is 7.14 Å². The molecule has 2 aromatic rings. The van der Waals surface area contributed by atoms with Crippen molar-refractivity contribution >= 4 is 24.8 Å². The van der Waals surface area contributed by atoms with Crippen LogP contribution in [0.15, 0.2) is 48.5 Å². The van der Waals surface area contributed by atoms with Crippen LogP contribution < -0.4 is 0 Å². The first kappa shape index (κ1) is 21.5. The molecule has 2 aromatic carbocycles. The van der Waals surface area contributed by atoms with Crippen molar-refractivity contribution in [2.75, 3.05) is 0 Å². The normalized spacial score (nSPS) is 13.1. The number of hydrogen-bond acceptors (Lipinski definition) is 3. The van der Waals surface area contributed by atoms with E-state index in [1.807, 2.05) is 27.7 Å². The van der Waals surface area contributed by atoms with Gasteiger partial charge in [0.1, 0.15) is 0 Å². The fraction of sp³-hybridized carbons (Fsp3) is 0.350. The molecule has 3 nitrogen and oxygen atoms in total. The third kappa shape index (κ3) is 4.94. The standard InChI is InChI=1S/C20H22F3IO3/c1-13(2)15-5-9-17(10-6-15)24(26,27-19(25)20(21,22)23)18-11-7-16(8-12-18)14(3)4/h5-14H,1-4H3. The average Bonchev–Trinajstić information content (AvgIpc) is 2.60. The fourth-order valence-electron chi connectivity index (χ4n) is 2.38. The van der Waals surface area contributed by atoms with Gasteiger partial charge in [0.05, 0.1) is 0 Å². The first-order valence-corrected chi connectivity index (χ1v) is 12.4. The number of rotatable bonds is 5. The van der Waals surface area contributed by atoms with Gasteiger partial charge in [-0.3, -0.25) is 0 Å². The summed E-state index contributed by atoms with van der Waals surface area (Å²) in [6.07, 6.45) is -5.21. The second kappa shape index (κ2) is 8.08. The van der Waals surface area contributed by atoms with Gasteiger partial charge in [-0.15, -0.1) is 0 Å². The summed E-state index contributed by atoms with van der Waals surface area (Å²) < 4.78 is 56.7. The van der Waals surface area contributed by atoms with Crippen LogP contribution >= 0.6 is 18.8 Å². The third-order valence-corrected chi connectivity index (χ3v) is 9.80. The van der Waals surface area contributed by atoms with Gasteiger partial charge in [-0.05, 0) is 0 Å². The Morgan fingerprint density at radius 2 is 1.15 bits per heavy atom. The van der Waals surface area contributed by atoms with E-state index in [-0.39, 0.29) is 19.0 Å². The van der Waals surface area contributed by atoms with Crippen LogP contribution in [0.3, 0.4) is 0 Å². The van der Waals surface area contributed by atoms with Crippen molar-refractivity contribution < 1.29 is 24.1 Å². The third-order valence-electron chi connectivity index (χ3n) is 4.06. The van der Waals surface area contributed by atoms with Gasteiger partial charge in [0.2, 0.25) is 0 Å². The molecule has 0 bridgehead atoms. The molecule has 0 spiro atoms. The molecule has 27 heavy (non-hydrogen) atoms. The predicted molar refractivity (Wildman–Crippen MR) is 105 cm³/mol. The first-order chi connectivity index (χ1) is 12.4. The first-order valence-electron chi connectivity index (χ1n) is 8.44. The summed E-state index contributed by atoms with van der Waals surface area (Å²) >= 11 is -5.15. The van der Waals surface area contributed by atoms with E-state index in [1.54, 1.807) is 24.3 Å². The summed E-state index contributed by atoms with van der Waals surface area (Å²) in [6.45, 7) is 7.87. The predicted octanol–water partition coefficient (Wildman–Crippen LogP) is 6.38. The molecule has 0 aliphatic carbocycles. The van der Waals surface area contributed by atoms with Gasteiger partial charge >= 0.3 is 161 Å². The fourth-order valence-corrected chi connectivity index (χ4v) is 7.04. The average molecular weight is 494 g/mol. The number of carbonyl (C=O) groups excluding carboxylic acids is 1. The molecule has 0 aliphatic rings. The van der Waals surface area contributed by atoms with E-state index in [2.05, 4.69) is 3.07 Å². The molecule has 0 aliphatic heterocycles. The zero-order valence-electron chi connectivity index (χ0n) is 15.5. The monoisotopic (exact) mass is 494 g/mol. The Balaban J connectivity index is 2.54. The van der Waals surface area contributed by atoms with Crippen LogP contribution in [0.1, 0.15) is 50.7 Å². The quantitative estimate of drug-likeness (QED) is 0.453. The zero-order valence-corrected chi connectivity index (χ0v) is 17.7. The number of carbonyl (C=O) groups is 1. The van der Waals surface area contributed by atoms with Crippen LogP contribution in [0.25, 0.3) is 0 Å². The number of halogens is 4. The molecule has 0 radical (unpaired) electrons. The van der Waals surface area contributed by atoms with E-state index in [0.717, 1.165) is 11.1 Å². The second-order valence-electron chi connectivity index (χ2n) is 6.74. The van der Waals surface area contributed by atoms with E-state index in [1.165, 1.54) is 24.3 Å². The summed E-state index contributed by atoms with van der Waals surface area (Å²) in [4.78, 5) is 11.5. The summed E-state index contributed by atoms with van der Waals surface area (Å²) in [5.74, 6) is -2.03. The molecule has 7 heteroatoms. The molecule has 0 amide bonds. The Hall–Kier alpha value is -1.77. The van der Waals surface area contributed by atoms with E-state index in [4.69, 9.17) is 0 Å². The Morgan fingerprint density at radius 3 is 1.41 bits per heavy atom. The van der Waals surface area contributed by atoms with Gasteiger partial charge in [0, 0.05) is 0 Å². The molecule has 0 heterocycles. The van der Waals surface area contributed by atoms with Gasteiger partial charge in [0.15, 0.2) is 0 Å². The summed E-state index contributed by atoms with van der Waals surface area (Å²) in [5, 5.41) is 0. The van der Waals surface area contributed by atoms with E-state index >= 15 is 0 Å². The van der Waals surface area contributed by atoms with Gasteiger partial charge in [-0.2, -0.15) is 0 Å². The molecule has 0 unspecified atom stereocenters. The number of hydrogen-bond donors (Lipinski definition) is 0. The van der Waals surface area contributed by atoms with Crippen molar-refractivity contribution in [3.05, 3.63) is 66.8 Å². The Labute approximate surface area is 161 Å². The SMILES string of the molecule is CC(C)c1ccc(I(=O)(OC(=O)C(F)(F)F)c2ccc(C(C)C)cc2)cc1. The Morgan fingerprint density at radius 1 is 0.815 bits per heavy atom. The number of benzene rings is 2. The molecular formula is C20H22F3IO3. The molecule has 0 N–H and O–H groups in total. The Kier molecular flexibility index (Phi) is 6.44. The van der Waals surface area contributed by atoms with Crippen molar-refractivity contribution in [3.8, 4) is 0 Å². The number of alkyl halides is 3. The topological polar surface area (TPSA) is 43.4 Å². The van der Waals surface area contributed by atoms with Gasteiger partial charge in [-0.1, -0.05) is 0 Å². The maximum atomic E-state index is 13.6. The summed E-state index contributed by atoms with van der Waals surface area (Å²) in [6, 6.07) is 12.7. The van der Waals surface area contributed by atoms with E-state index in [9.17, 15) is 21.0 Å². The minimum absolute atomic E-state index is 0.112. The van der Waals surface area contributed by atoms with Crippen molar-refractivity contribution in [1.82, 2.24) is 0 Å². The van der Waals surface area contributed by atoms with E-state index in [0.29, 0.717) is 0 Å². The van der Waals surface area contributed by atoms with Crippen molar-refractivity contribution in [3.63, 3.8) is 0 Å². The molecule has 0 fully saturated rings. The summed E-state index contributed by atoms with van der Waals surface area (Å²) in [5.41, 5.74) is 1.89. The van der Waals surface area contributed by atoms with Crippen LogP contribution in [-0.4, -0.2) is 12.1 Å². The van der Waals surface area contributed by atoms with Crippen LogP contribution in [0.4, 0.5) is 13.2 Å². The van der Waals surface area contributed by atoms with Crippen molar-refractivity contribution in [2.24, 2.45) is 0 Å². The molecular weight excluding hydrogens is 472 g/mol. The molecule has 0 saturated carbocycles. The van der Waals surface area contributed by atoms with Crippen LogP contribution in [0.2, 0.25) is 0 Å². The van der Waals surface area contributed by atoms with Gasteiger partial charge in [-0.25, -0.2) is 0 Å². The van der Waals surface area contributed by atoms with Gasteiger partial charge < -0.3 is 0 Å². The van der Waals surface area contributed by atoms with Gasteiger partial charge in [0.25, 0.3) is 0 Å². The molecule has 2 rings (SSSR count). The molecule has 148 valence electrons. The molecule has 0 atom stereocenters. The van der Waals surface area contributed by atoms with Crippen LogP contribution in [-0.2, 0) is 10.9 Å². The second-order valence-corrected chi connectivity index (χ2v) is 12.3. The van der Waals surface area contributed by atoms with Crippen molar-refractivity contribution in [1.29, 1.82) is 0 Å². The maximum absolute atomic E-state index is 13.6. The summed E-state index contributed by atoms with van der Waals surface area (Å²) in [7, 11) is 0. The molecule has 0 saturated heterocycles. The van der Waals surface area contributed by atoms with E-state index < -0.39 is 31.0 Å². The van der Waals surface area contributed by atoms with Crippen LogP contribution in [0.5, 0.6) is 0 Å². The van der Waals surface area contributed by atoms with Crippen molar-refractivity contribution in [2.45, 2.75) is 45.7 Å². The zero-order chi connectivity index (χ0) is 20.4. The minimum atomic E-state index is -5.21. The Bertz CT molecular complexity index is 783.